The van der Waals surface area contributed by atoms with Crippen molar-refractivity contribution in [3.05, 3.63) is 24.3 Å². The number of carbonyl (C=O) groups is 2. The summed E-state index contributed by atoms with van der Waals surface area (Å²) in [6, 6.07) is 4.98. The zero-order chi connectivity index (χ0) is 18.8. The van der Waals surface area contributed by atoms with Crippen molar-refractivity contribution in [3.8, 4) is 0 Å². The molecule has 9 heteroatoms. The molecule has 2 N–H and O–H groups in total. The van der Waals surface area contributed by atoms with Gasteiger partial charge < -0.3 is 15.4 Å². The topological polar surface area (TPSA) is 70.7 Å². The molecule has 0 aromatic heterocycles. The summed E-state index contributed by atoms with van der Waals surface area (Å²) in [6.45, 7) is 3.43. The Morgan fingerprint density at radius 1 is 1.32 bits per heavy atom. The van der Waals surface area contributed by atoms with Crippen LogP contribution in [-0.4, -0.2) is 42.9 Å². The van der Waals surface area contributed by atoms with Crippen LogP contribution in [0.2, 0.25) is 0 Å². The van der Waals surface area contributed by atoms with Crippen molar-refractivity contribution < 1.29 is 27.5 Å². The summed E-state index contributed by atoms with van der Waals surface area (Å²) in [5.41, 5.74) is -0.299. The quantitative estimate of drug-likeness (QED) is 0.852. The molecule has 2 amide bonds. The maximum atomic E-state index is 12.9. The molecule has 0 aliphatic carbocycles. The van der Waals surface area contributed by atoms with Crippen molar-refractivity contribution in [2.75, 3.05) is 23.3 Å². The van der Waals surface area contributed by atoms with Crippen LogP contribution in [0.3, 0.4) is 0 Å². The fourth-order valence-corrected chi connectivity index (χ4v) is 2.37. The van der Waals surface area contributed by atoms with Gasteiger partial charge in [0.2, 0.25) is 0 Å². The van der Waals surface area contributed by atoms with Crippen LogP contribution in [0.1, 0.15) is 20.8 Å². The number of anilines is 2. The number of nitrogens with zero attached hydrogens (tertiary/aromatic N) is 1. The highest BCUT2D eigenvalue weighted by molar-refractivity contribution is 6.02. The fourth-order valence-electron chi connectivity index (χ4n) is 2.37. The van der Waals surface area contributed by atoms with Crippen LogP contribution in [0.5, 0.6) is 0 Å². The normalized spacial score (nSPS) is 18.1. The van der Waals surface area contributed by atoms with Gasteiger partial charge in [0.1, 0.15) is 18.2 Å². The van der Waals surface area contributed by atoms with Gasteiger partial charge in [-0.2, -0.15) is 13.2 Å². The van der Waals surface area contributed by atoms with Crippen molar-refractivity contribution in [2.24, 2.45) is 0 Å². The van der Waals surface area contributed by atoms with Crippen LogP contribution in [0.4, 0.5) is 29.3 Å². The molecule has 1 atom stereocenters. The van der Waals surface area contributed by atoms with E-state index in [2.05, 4.69) is 10.6 Å². The van der Waals surface area contributed by atoms with Gasteiger partial charge >= 0.3 is 12.3 Å². The summed E-state index contributed by atoms with van der Waals surface area (Å²) >= 11 is 0. The molecule has 0 spiro atoms. The first-order chi connectivity index (χ1) is 11.5. The molecule has 1 aromatic rings. The molecule has 0 bridgehead atoms. The van der Waals surface area contributed by atoms with E-state index in [9.17, 15) is 22.8 Å². The van der Waals surface area contributed by atoms with Gasteiger partial charge in [0.15, 0.2) is 0 Å². The summed E-state index contributed by atoms with van der Waals surface area (Å²) in [6.07, 6.45) is -5.45. The van der Waals surface area contributed by atoms with Crippen molar-refractivity contribution in [2.45, 2.75) is 38.6 Å². The van der Waals surface area contributed by atoms with E-state index < -0.39 is 36.4 Å². The molecule has 1 aromatic carbocycles. The number of ether oxygens (including phenoxy) is 1. The van der Waals surface area contributed by atoms with E-state index in [-0.39, 0.29) is 12.2 Å². The first-order valence-corrected chi connectivity index (χ1v) is 7.67. The number of halogens is 3. The number of benzene rings is 1. The maximum absolute atomic E-state index is 12.9. The zero-order valence-electron chi connectivity index (χ0n) is 14.1. The highest BCUT2D eigenvalue weighted by Gasteiger charge is 2.39. The van der Waals surface area contributed by atoms with E-state index in [4.69, 9.17) is 4.74 Å². The van der Waals surface area contributed by atoms with Gasteiger partial charge in [-0.3, -0.25) is 9.69 Å². The molecular formula is C16H20F3N3O3. The second kappa shape index (κ2) is 6.81. The Morgan fingerprint density at radius 3 is 2.56 bits per heavy atom. The molecule has 0 fully saturated rings. The number of rotatable bonds is 2. The molecule has 0 radical (unpaired) electrons. The summed E-state index contributed by atoms with van der Waals surface area (Å²) in [5.74, 6) is -0.861. The number of nitrogens with one attached hydrogen (secondary N) is 2. The number of hydrogen-bond acceptors (Lipinski definition) is 4. The van der Waals surface area contributed by atoms with E-state index in [1.54, 1.807) is 39.0 Å². The van der Waals surface area contributed by atoms with E-state index in [0.717, 1.165) is 0 Å². The highest BCUT2D eigenvalue weighted by Crippen LogP contribution is 2.31. The van der Waals surface area contributed by atoms with E-state index in [1.165, 1.54) is 6.07 Å². The Labute approximate surface area is 143 Å². The van der Waals surface area contributed by atoms with Gasteiger partial charge in [-0.15, -0.1) is 0 Å². The van der Waals surface area contributed by atoms with Crippen LogP contribution in [-0.2, 0) is 9.53 Å². The van der Waals surface area contributed by atoms with Crippen molar-refractivity contribution in [1.29, 1.82) is 0 Å². The molecule has 0 unspecified atom stereocenters. The summed E-state index contributed by atoms with van der Waals surface area (Å²) < 4.78 is 43.8. The molecule has 0 saturated carbocycles. The lowest BCUT2D eigenvalue weighted by Crippen LogP contribution is -2.53. The Morgan fingerprint density at radius 2 is 1.96 bits per heavy atom. The Bertz CT molecular complexity index is 656. The van der Waals surface area contributed by atoms with Crippen LogP contribution in [0, 0.1) is 0 Å². The summed E-state index contributed by atoms with van der Waals surface area (Å²) in [5, 5.41) is 5.22. The van der Waals surface area contributed by atoms with Crippen molar-refractivity contribution in [3.63, 3.8) is 0 Å². The fraction of sp³-hybridized carbons (Fsp3) is 0.500. The molecule has 1 heterocycles. The number of para-hydroxylation sites is 2. The lowest BCUT2D eigenvalue weighted by molar-refractivity contribution is -0.133. The van der Waals surface area contributed by atoms with E-state index in [0.29, 0.717) is 10.6 Å². The Balaban J connectivity index is 2.26. The van der Waals surface area contributed by atoms with E-state index in [1.807, 2.05) is 0 Å². The zero-order valence-corrected chi connectivity index (χ0v) is 14.1. The molecular weight excluding hydrogens is 339 g/mol. The third-order valence-electron chi connectivity index (χ3n) is 3.28. The number of alkyl carbamates (subject to hydrolysis) is 1. The lowest BCUT2D eigenvalue weighted by atomic mass is 10.2. The molecule has 6 nitrogen and oxygen atoms in total. The van der Waals surface area contributed by atoms with Crippen LogP contribution < -0.4 is 15.5 Å². The third-order valence-corrected chi connectivity index (χ3v) is 3.28. The second-order valence-electron chi connectivity index (χ2n) is 6.64. The van der Waals surface area contributed by atoms with Crippen LogP contribution in [0.25, 0.3) is 0 Å². The van der Waals surface area contributed by atoms with Gasteiger partial charge in [0.05, 0.1) is 11.4 Å². The van der Waals surface area contributed by atoms with Gasteiger partial charge in [0, 0.05) is 6.54 Å². The predicted octanol–water partition coefficient (Wildman–Crippen LogP) is 2.90. The molecule has 2 rings (SSSR count). The minimum absolute atomic E-state index is 0.0521. The molecule has 25 heavy (non-hydrogen) atoms. The minimum atomic E-state index is -4.58. The molecule has 1 aliphatic heterocycles. The Kier molecular flexibility index (Phi) is 5.15. The molecule has 0 saturated heterocycles. The van der Waals surface area contributed by atoms with Gasteiger partial charge in [0.25, 0.3) is 5.91 Å². The average Bonchev–Trinajstić information content (AvgIpc) is 2.56. The SMILES string of the molecule is CC(C)(C)OC(=O)N[C@@H]1CNc2ccccc2N(CC(F)(F)F)C1=O. The minimum Gasteiger partial charge on any atom is -0.444 e. The van der Waals surface area contributed by atoms with Crippen LogP contribution in [0.15, 0.2) is 24.3 Å². The number of carbonyl (C=O) groups excluding carboxylic acids is 2. The van der Waals surface area contributed by atoms with Gasteiger partial charge in [-0.05, 0) is 32.9 Å². The maximum Gasteiger partial charge on any atom is 0.408 e. The summed E-state index contributed by atoms with van der Waals surface area (Å²) in [7, 11) is 0. The monoisotopic (exact) mass is 359 g/mol. The van der Waals surface area contributed by atoms with Crippen molar-refractivity contribution >= 4 is 23.4 Å². The number of amides is 2. The lowest BCUT2D eigenvalue weighted by Gasteiger charge is -2.27. The Hall–Kier alpha value is -2.45. The largest absolute Gasteiger partial charge is 0.444 e. The first kappa shape index (κ1) is 18.9. The molecule has 138 valence electrons. The number of fused-ring (bicyclic) bond motifs is 1. The number of hydrogen-bond donors (Lipinski definition) is 2. The predicted molar refractivity (Wildman–Crippen MR) is 86.5 cm³/mol. The number of alkyl halides is 3. The second-order valence-corrected chi connectivity index (χ2v) is 6.64. The summed E-state index contributed by atoms with van der Waals surface area (Å²) in [4.78, 5) is 25.1. The van der Waals surface area contributed by atoms with Crippen molar-refractivity contribution in [1.82, 2.24) is 5.32 Å². The standard InChI is InChI=1S/C16H20F3N3O3/c1-15(2,3)25-14(24)21-11-8-20-10-6-4-5-7-12(10)22(13(11)23)9-16(17,18)19/h4-7,11,20H,8-9H2,1-3H3,(H,21,24)/t11-/m1/s1. The smallest absolute Gasteiger partial charge is 0.408 e. The van der Waals surface area contributed by atoms with Gasteiger partial charge in [-0.25, -0.2) is 4.79 Å². The van der Waals surface area contributed by atoms with Crippen LogP contribution >= 0.6 is 0 Å². The first-order valence-electron chi connectivity index (χ1n) is 7.67. The third kappa shape index (κ3) is 5.27. The van der Waals surface area contributed by atoms with Gasteiger partial charge in [-0.1, -0.05) is 12.1 Å². The van der Waals surface area contributed by atoms with E-state index >= 15 is 0 Å². The average molecular weight is 359 g/mol. The highest BCUT2D eigenvalue weighted by atomic mass is 19.4. The molecule has 1 aliphatic rings.